The van der Waals surface area contributed by atoms with Gasteiger partial charge in [-0.25, -0.2) is 14.6 Å². The molecule has 0 amide bonds. The summed E-state index contributed by atoms with van der Waals surface area (Å²) >= 11 is 0. The van der Waals surface area contributed by atoms with Crippen LogP contribution in [0.25, 0.3) is 5.69 Å². The quantitative estimate of drug-likeness (QED) is 0.735. The van der Waals surface area contributed by atoms with Crippen LogP contribution in [0.5, 0.6) is 0 Å². The largest absolute Gasteiger partial charge is 0.368 e. The van der Waals surface area contributed by atoms with E-state index >= 15 is 0 Å². The van der Waals surface area contributed by atoms with E-state index in [1.807, 2.05) is 42.0 Å². The highest BCUT2D eigenvalue weighted by atomic mass is 15.4. The topological polar surface area (TPSA) is 74.0 Å². The molecule has 0 bridgehead atoms. The molecule has 0 radical (unpaired) electrons. The van der Waals surface area contributed by atoms with Gasteiger partial charge in [-0.2, -0.15) is 5.10 Å². The third-order valence-corrected chi connectivity index (χ3v) is 2.86. The molecule has 0 saturated heterocycles. The van der Waals surface area contributed by atoms with Gasteiger partial charge in [0.05, 0.1) is 24.4 Å². The molecule has 0 spiro atoms. The van der Waals surface area contributed by atoms with Crippen LogP contribution in [0.15, 0.2) is 54.3 Å². The lowest BCUT2D eigenvalue weighted by Gasteiger charge is -2.01. The van der Waals surface area contributed by atoms with E-state index in [2.05, 4.69) is 15.1 Å². The molecule has 2 N–H and O–H groups in total. The lowest BCUT2D eigenvalue weighted by molar-refractivity contribution is 0.897. The monoisotopic (exact) mass is 266 g/mol. The Labute approximate surface area is 116 Å². The van der Waals surface area contributed by atoms with Crippen molar-refractivity contribution in [2.24, 2.45) is 5.10 Å². The Balaban J connectivity index is 1.80. The molecule has 100 valence electrons. The number of anilines is 1. The van der Waals surface area contributed by atoms with Gasteiger partial charge < -0.3 is 10.3 Å². The van der Waals surface area contributed by atoms with Gasteiger partial charge in [-0.3, -0.25) is 0 Å². The van der Waals surface area contributed by atoms with Crippen molar-refractivity contribution in [3.05, 3.63) is 60.4 Å². The summed E-state index contributed by atoms with van der Waals surface area (Å²) in [6.45, 7) is 1.88. The summed E-state index contributed by atoms with van der Waals surface area (Å²) in [6.07, 6.45) is 8.94. The summed E-state index contributed by atoms with van der Waals surface area (Å²) in [7, 11) is 0. The van der Waals surface area contributed by atoms with Gasteiger partial charge in [-0.05, 0) is 24.6 Å². The van der Waals surface area contributed by atoms with Gasteiger partial charge in [0.15, 0.2) is 0 Å². The first-order chi connectivity index (χ1) is 9.72. The van der Waals surface area contributed by atoms with Gasteiger partial charge in [0, 0.05) is 18.1 Å². The number of nitrogens with two attached hydrogens (primary N) is 1. The van der Waals surface area contributed by atoms with Crippen LogP contribution in [-0.2, 0) is 0 Å². The number of aromatic nitrogens is 4. The van der Waals surface area contributed by atoms with Gasteiger partial charge in [0.1, 0.15) is 0 Å². The summed E-state index contributed by atoms with van der Waals surface area (Å²) in [5.74, 6) is 0.383. The molecule has 1 aromatic carbocycles. The molecule has 6 heteroatoms. The molecule has 0 atom stereocenters. The standard InChI is InChI=1S/C14H14N6/c1-11-9-20(14(15)18-11)17-8-12-2-4-13(5-3-12)19-7-6-16-10-19/h2-10H,1H3,(H2,15,18). The van der Waals surface area contributed by atoms with Crippen molar-refractivity contribution < 1.29 is 0 Å². The van der Waals surface area contributed by atoms with Crippen molar-refractivity contribution in [1.29, 1.82) is 0 Å². The van der Waals surface area contributed by atoms with Crippen molar-refractivity contribution in [2.45, 2.75) is 6.92 Å². The smallest absolute Gasteiger partial charge is 0.221 e. The maximum absolute atomic E-state index is 5.72. The summed E-state index contributed by atoms with van der Waals surface area (Å²) < 4.78 is 3.50. The SMILES string of the molecule is Cc1cn(N=Cc2ccc(-n3ccnc3)cc2)c(N)n1. The van der Waals surface area contributed by atoms with Gasteiger partial charge in [0.25, 0.3) is 0 Å². The molecule has 6 nitrogen and oxygen atoms in total. The van der Waals surface area contributed by atoms with Crippen molar-refractivity contribution in [3.63, 3.8) is 0 Å². The first-order valence-electron chi connectivity index (χ1n) is 6.16. The van der Waals surface area contributed by atoms with Crippen molar-refractivity contribution in [3.8, 4) is 5.69 Å². The molecule has 0 unspecified atom stereocenters. The van der Waals surface area contributed by atoms with Crippen LogP contribution in [0.4, 0.5) is 5.95 Å². The Kier molecular flexibility index (Phi) is 3.04. The number of hydrogen-bond donors (Lipinski definition) is 1. The average molecular weight is 266 g/mol. The number of imidazole rings is 2. The van der Waals surface area contributed by atoms with E-state index < -0.39 is 0 Å². The molecular formula is C14H14N6. The van der Waals surface area contributed by atoms with Gasteiger partial charge in [-0.1, -0.05) is 12.1 Å². The molecule has 0 aliphatic carbocycles. The number of nitrogen functional groups attached to an aromatic ring is 1. The Morgan fingerprint density at radius 1 is 1.25 bits per heavy atom. The van der Waals surface area contributed by atoms with Gasteiger partial charge in [-0.15, -0.1) is 0 Å². The molecule has 2 aromatic heterocycles. The van der Waals surface area contributed by atoms with Crippen molar-refractivity contribution in [2.75, 3.05) is 5.73 Å². The van der Waals surface area contributed by atoms with E-state index in [4.69, 9.17) is 5.73 Å². The number of nitrogens with zero attached hydrogens (tertiary/aromatic N) is 5. The molecule has 0 fully saturated rings. The summed E-state index contributed by atoms with van der Waals surface area (Å²) in [4.78, 5) is 8.11. The zero-order valence-corrected chi connectivity index (χ0v) is 11.0. The second-order valence-electron chi connectivity index (χ2n) is 4.39. The Morgan fingerprint density at radius 2 is 2.05 bits per heavy atom. The normalized spacial score (nSPS) is 11.2. The van der Waals surface area contributed by atoms with Crippen LogP contribution in [-0.4, -0.2) is 25.4 Å². The van der Waals surface area contributed by atoms with E-state index in [0.29, 0.717) is 5.95 Å². The first kappa shape index (κ1) is 12.2. The first-order valence-corrected chi connectivity index (χ1v) is 6.16. The highest BCUT2D eigenvalue weighted by Crippen LogP contribution is 2.09. The highest BCUT2D eigenvalue weighted by molar-refractivity contribution is 5.79. The van der Waals surface area contributed by atoms with E-state index in [1.54, 1.807) is 29.6 Å². The summed E-state index contributed by atoms with van der Waals surface area (Å²) in [6, 6.07) is 7.98. The second kappa shape index (κ2) is 5.00. The fourth-order valence-corrected chi connectivity index (χ4v) is 1.87. The molecule has 0 aliphatic rings. The van der Waals surface area contributed by atoms with Crippen LogP contribution in [0.3, 0.4) is 0 Å². The number of aryl methyl sites for hydroxylation is 1. The maximum atomic E-state index is 5.72. The molecule has 3 rings (SSSR count). The molecule has 0 aliphatic heterocycles. The third-order valence-electron chi connectivity index (χ3n) is 2.86. The number of rotatable bonds is 3. The molecule has 2 heterocycles. The Morgan fingerprint density at radius 3 is 2.65 bits per heavy atom. The van der Waals surface area contributed by atoms with Gasteiger partial charge >= 0.3 is 0 Å². The van der Waals surface area contributed by atoms with Crippen molar-refractivity contribution in [1.82, 2.24) is 19.2 Å². The fourth-order valence-electron chi connectivity index (χ4n) is 1.87. The van der Waals surface area contributed by atoms with E-state index in [1.165, 1.54) is 0 Å². The third kappa shape index (κ3) is 2.44. The minimum absolute atomic E-state index is 0.383. The zero-order chi connectivity index (χ0) is 13.9. The maximum Gasteiger partial charge on any atom is 0.221 e. The Hall–Kier alpha value is -2.89. The average Bonchev–Trinajstić information content (AvgIpc) is 3.07. The van der Waals surface area contributed by atoms with Crippen molar-refractivity contribution >= 4 is 12.2 Å². The van der Waals surface area contributed by atoms with Crippen LogP contribution in [0.1, 0.15) is 11.3 Å². The lowest BCUT2D eigenvalue weighted by Crippen LogP contribution is -1.97. The summed E-state index contributed by atoms with van der Waals surface area (Å²) in [5.41, 5.74) is 8.60. The number of benzene rings is 1. The molecular weight excluding hydrogens is 252 g/mol. The Bertz CT molecular complexity index is 722. The van der Waals surface area contributed by atoms with Crippen LogP contribution < -0.4 is 5.73 Å². The van der Waals surface area contributed by atoms with Crippen LogP contribution in [0.2, 0.25) is 0 Å². The van der Waals surface area contributed by atoms with Gasteiger partial charge in [0.2, 0.25) is 5.95 Å². The van der Waals surface area contributed by atoms with E-state index in [-0.39, 0.29) is 0 Å². The van der Waals surface area contributed by atoms with Crippen LogP contribution in [0, 0.1) is 6.92 Å². The molecule has 20 heavy (non-hydrogen) atoms. The van der Waals surface area contributed by atoms with E-state index in [0.717, 1.165) is 16.9 Å². The summed E-state index contributed by atoms with van der Waals surface area (Å²) in [5, 5.41) is 4.27. The molecule has 3 aromatic rings. The molecule has 0 saturated carbocycles. The minimum atomic E-state index is 0.383. The highest BCUT2D eigenvalue weighted by Gasteiger charge is 1.99. The lowest BCUT2D eigenvalue weighted by atomic mass is 10.2. The predicted octanol–water partition coefficient (Wildman–Crippen LogP) is 1.84. The van der Waals surface area contributed by atoms with E-state index in [9.17, 15) is 0 Å². The zero-order valence-electron chi connectivity index (χ0n) is 11.0. The number of hydrogen-bond acceptors (Lipinski definition) is 4. The predicted molar refractivity (Wildman–Crippen MR) is 77.9 cm³/mol. The minimum Gasteiger partial charge on any atom is -0.368 e. The second-order valence-corrected chi connectivity index (χ2v) is 4.39. The van der Waals surface area contributed by atoms with Crippen LogP contribution >= 0.6 is 0 Å². The fraction of sp³-hybridized carbons (Fsp3) is 0.0714.